The Bertz CT molecular complexity index is 4150. The topological polar surface area (TPSA) is 21.3 Å². The lowest BCUT2D eigenvalue weighted by atomic mass is 9.61. The van der Waals surface area contributed by atoms with Gasteiger partial charge >= 0.3 is 0 Å². The summed E-state index contributed by atoms with van der Waals surface area (Å²) in [6.07, 6.45) is 0. The van der Waals surface area contributed by atoms with Crippen molar-refractivity contribution in [2.45, 2.75) is 5.41 Å². The fourth-order valence-electron chi connectivity index (χ4n) is 12.2. The number of benzene rings is 11. The second-order valence-corrected chi connectivity index (χ2v) is 17.9. The number of nitrogens with zero attached hydrogens (tertiary/aromatic N) is 2. The number of aromatic nitrogens is 1. The Labute approximate surface area is 380 Å². The number of furan rings is 1. The van der Waals surface area contributed by atoms with Crippen molar-refractivity contribution in [1.29, 1.82) is 0 Å². The maximum Gasteiger partial charge on any atom is 0.137 e. The minimum Gasteiger partial charge on any atom is -0.456 e. The molecule has 1 spiro atoms. The Morgan fingerprint density at radius 2 is 0.894 bits per heavy atom. The van der Waals surface area contributed by atoms with Crippen LogP contribution in [-0.2, 0) is 5.41 Å². The number of rotatable bonds is 4. The SMILES string of the molecule is c1ccc2c(c1)-c1ccccc1C21c2ccccc2-c2ccc(N(c3ccc4c(c3)oc3ccccc34)c3ccc4c5ccccc5n(-c5cccc6ccccc56)c4c3)c3cccc1c23. The van der Waals surface area contributed by atoms with Crippen LogP contribution >= 0.6 is 0 Å². The van der Waals surface area contributed by atoms with Gasteiger partial charge in [-0.1, -0.05) is 176 Å². The van der Waals surface area contributed by atoms with E-state index in [1.54, 1.807) is 0 Å². The first-order chi connectivity index (χ1) is 32.8. The van der Waals surface area contributed by atoms with Gasteiger partial charge in [0.15, 0.2) is 0 Å². The van der Waals surface area contributed by atoms with Crippen molar-refractivity contribution < 1.29 is 4.42 Å². The standard InChI is InChI=1S/C63H38N2O/c1-2-17-42-39(15-1)16-13-29-56(42)65-57-28-11-6-21-46(57)47-33-31-40(37-59(47)65)64(41-32-34-49-48-22-7-12-30-60(48)66-61(49)38-41)58-36-35-50-45-20-5-10-26-54(45)63(55-27-14-23-51(58)62(50)55)52-24-8-3-18-43(52)44-19-4-9-25-53(44)63/h1-38H. The van der Waals surface area contributed by atoms with Crippen LogP contribution in [0.5, 0.6) is 0 Å². The molecule has 2 aromatic heterocycles. The van der Waals surface area contributed by atoms with Gasteiger partial charge in [-0.25, -0.2) is 0 Å². The summed E-state index contributed by atoms with van der Waals surface area (Å²) >= 11 is 0. The molecular weight excluding hydrogens is 801 g/mol. The zero-order chi connectivity index (χ0) is 43.1. The van der Waals surface area contributed by atoms with Gasteiger partial charge in [0, 0.05) is 49.8 Å². The minimum absolute atomic E-state index is 0.495. The third kappa shape index (κ3) is 4.61. The maximum atomic E-state index is 6.63. The predicted molar refractivity (Wildman–Crippen MR) is 274 cm³/mol. The summed E-state index contributed by atoms with van der Waals surface area (Å²) in [7, 11) is 0. The zero-order valence-corrected chi connectivity index (χ0v) is 35.7. The summed E-state index contributed by atoms with van der Waals surface area (Å²) in [5.41, 5.74) is 18.4. The van der Waals surface area contributed by atoms with Crippen molar-refractivity contribution >= 4 is 82.4 Å². The van der Waals surface area contributed by atoms with Crippen LogP contribution in [0.25, 0.3) is 93.2 Å². The summed E-state index contributed by atoms with van der Waals surface area (Å²) in [5.74, 6) is 0. The highest BCUT2D eigenvalue weighted by molar-refractivity contribution is 6.15. The van der Waals surface area contributed by atoms with E-state index in [1.807, 2.05) is 6.07 Å². The lowest BCUT2D eigenvalue weighted by molar-refractivity contribution is 0.669. The van der Waals surface area contributed by atoms with E-state index in [-0.39, 0.29) is 0 Å². The molecule has 0 amide bonds. The predicted octanol–water partition coefficient (Wildman–Crippen LogP) is 16.8. The molecular formula is C63H38N2O. The molecule has 0 saturated heterocycles. The summed E-state index contributed by atoms with van der Waals surface area (Å²) in [5, 5.41) is 9.57. The molecule has 2 aliphatic rings. The molecule has 13 aromatic rings. The summed E-state index contributed by atoms with van der Waals surface area (Å²) in [4.78, 5) is 2.46. The fourth-order valence-corrected chi connectivity index (χ4v) is 12.2. The fraction of sp³-hybridized carbons (Fsp3) is 0.0159. The monoisotopic (exact) mass is 838 g/mol. The largest absolute Gasteiger partial charge is 0.456 e. The van der Waals surface area contributed by atoms with Crippen LogP contribution in [0.2, 0.25) is 0 Å². The zero-order valence-electron chi connectivity index (χ0n) is 35.7. The van der Waals surface area contributed by atoms with Crippen molar-refractivity contribution in [2.24, 2.45) is 0 Å². The van der Waals surface area contributed by atoms with Crippen molar-refractivity contribution in [1.82, 2.24) is 4.57 Å². The van der Waals surface area contributed by atoms with E-state index in [4.69, 9.17) is 4.42 Å². The molecule has 66 heavy (non-hydrogen) atoms. The minimum atomic E-state index is -0.495. The summed E-state index contributed by atoms with van der Waals surface area (Å²) in [6.45, 7) is 0. The van der Waals surface area contributed by atoms with Crippen LogP contribution in [0.4, 0.5) is 17.1 Å². The molecule has 0 unspecified atom stereocenters. The third-order valence-electron chi connectivity index (χ3n) is 14.8. The smallest absolute Gasteiger partial charge is 0.137 e. The molecule has 3 nitrogen and oxygen atoms in total. The molecule has 11 aromatic carbocycles. The number of hydrogen-bond acceptors (Lipinski definition) is 2. The highest BCUT2D eigenvalue weighted by Crippen LogP contribution is 2.62. The van der Waals surface area contributed by atoms with Gasteiger partial charge in [0.25, 0.3) is 0 Å². The maximum absolute atomic E-state index is 6.63. The van der Waals surface area contributed by atoms with Crippen LogP contribution in [0, 0.1) is 0 Å². The van der Waals surface area contributed by atoms with Crippen LogP contribution in [-0.4, -0.2) is 4.57 Å². The van der Waals surface area contributed by atoms with Gasteiger partial charge in [-0.3, -0.25) is 0 Å². The van der Waals surface area contributed by atoms with Crippen molar-refractivity contribution in [3.05, 3.63) is 253 Å². The molecule has 2 heterocycles. The highest BCUT2D eigenvalue weighted by Gasteiger charge is 2.50. The molecule has 0 N–H and O–H groups in total. The summed E-state index contributed by atoms with van der Waals surface area (Å²) < 4.78 is 9.10. The number of para-hydroxylation sites is 2. The Balaban J connectivity index is 1.05. The average Bonchev–Trinajstić information content (AvgIpc) is 4.02. The van der Waals surface area contributed by atoms with Crippen molar-refractivity contribution in [3.8, 4) is 27.9 Å². The highest BCUT2D eigenvalue weighted by atomic mass is 16.3. The molecule has 0 radical (unpaired) electrons. The first kappa shape index (κ1) is 35.8. The number of anilines is 3. The molecule has 0 bridgehead atoms. The van der Waals surface area contributed by atoms with E-state index in [1.165, 1.54) is 82.3 Å². The number of fused-ring (bicyclic) bond motifs is 16. The van der Waals surface area contributed by atoms with Gasteiger partial charge in [-0.2, -0.15) is 0 Å². The second kappa shape index (κ2) is 13.2. The Morgan fingerprint density at radius 3 is 1.68 bits per heavy atom. The second-order valence-electron chi connectivity index (χ2n) is 17.9. The quantitative estimate of drug-likeness (QED) is 0.176. The lowest BCUT2D eigenvalue weighted by Crippen LogP contribution is -2.31. The molecule has 0 atom stereocenters. The van der Waals surface area contributed by atoms with E-state index >= 15 is 0 Å². The molecule has 2 aliphatic carbocycles. The van der Waals surface area contributed by atoms with Crippen molar-refractivity contribution in [2.75, 3.05) is 4.90 Å². The van der Waals surface area contributed by atoms with E-state index < -0.39 is 5.41 Å². The van der Waals surface area contributed by atoms with Gasteiger partial charge in [0.2, 0.25) is 0 Å². The van der Waals surface area contributed by atoms with Crippen LogP contribution < -0.4 is 4.90 Å². The first-order valence-corrected chi connectivity index (χ1v) is 22.8. The molecule has 0 fully saturated rings. The molecule has 3 heteroatoms. The van der Waals surface area contributed by atoms with Crippen LogP contribution in [0.3, 0.4) is 0 Å². The average molecular weight is 839 g/mol. The number of hydrogen-bond donors (Lipinski definition) is 0. The van der Waals surface area contributed by atoms with Gasteiger partial charge in [-0.15, -0.1) is 0 Å². The van der Waals surface area contributed by atoms with Gasteiger partial charge < -0.3 is 13.9 Å². The molecule has 0 saturated carbocycles. The summed E-state index contributed by atoms with van der Waals surface area (Å²) in [6, 6.07) is 85.2. The van der Waals surface area contributed by atoms with E-state index in [2.05, 4.69) is 234 Å². The van der Waals surface area contributed by atoms with Crippen molar-refractivity contribution in [3.63, 3.8) is 0 Å². The third-order valence-corrected chi connectivity index (χ3v) is 14.8. The Hall–Kier alpha value is -8.66. The molecule has 15 rings (SSSR count). The van der Waals surface area contributed by atoms with E-state index in [9.17, 15) is 0 Å². The van der Waals surface area contributed by atoms with Gasteiger partial charge in [0.1, 0.15) is 11.2 Å². The van der Waals surface area contributed by atoms with Gasteiger partial charge in [0.05, 0.1) is 27.8 Å². The first-order valence-electron chi connectivity index (χ1n) is 22.8. The van der Waals surface area contributed by atoms with E-state index in [0.29, 0.717) is 0 Å². The normalized spacial score (nSPS) is 13.3. The van der Waals surface area contributed by atoms with Crippen LogP contribution in [0.15, 0.2) is 235 Å². The molecule has 306 valence electrons. The van der Waals surface area contributed by atoms with E-state index in [0.717, 1.165) is 50.2 Å². The van der Waals surface area contributed by atoms with Gasteiger partial charge in [-0.05, 0) is 104 Å². The van der Waals surface area contributed by atoms with Crippen LogP contribution in [0.1, 0.15) is 22.3 Å². The molecule has 0 aliphatic heterocycles. The Morgan fingerprint density at radius 1 is 0.348 bits per heavy atom. The Kier molecular flexibility index (Phi) is 7.15. The lowest BCUT2D eigenvalue weighted by Gasteiger charge is -2.40.